The first-order valence-electron chi connectivity index (χ1n) is 8.09. The van der Waals surface area contributed by atoms with E-state index >= 15 is 0 Å². The van der Waals surface area contributed by atoms with Gasteiger partial charge in [0, 0.05) is 18.5 Å². The molecular formula is C18H14ClFN2O3S. The molecule has 4 rings (SSSR count). The summed E-state index contributed by atoms with van der Waals surface area (Å²) >= 11 is 7.11. The molecule has 3 heterocycles. The predicted octanol–water partition coefficient (Wildman–Crippen LogP) is 3.86. The molecule has 5 nitrogen and oxygen atoms in total. The first kappa shape index (κ1) is 17.2. The van der Waals surface area contributed by atoms with Gasteiger partial charge in [-0.1, -0.05) is 17.7 Å². The van der Waals surface area contributed by atoms with Gasteiger partial charge in [-0.05, 0) is 31.0 Å². The van der Waals surface area contributed by atoms with Crippen LogP contribution in [0.3, 0.4) is 0 Å². The van der Waals surface area contributed by atoms with Gasteiger partial charge in [-0.3, -0.25) is 9.36 Å². The minimum Gasteiger partial charge on any atom is -0.457 e. The Bertz CT molecular complexity index is 1110. The number of carbonyl (C=O) groups excluding carboxylic acids is 1. The van der Waals surface area contributed by atoms with Gasteiger partial charge in [0.05, 0.1) is 10.4 Å². The van der Waals surface area contributed by atoms with Crippen molar-refractivity contribution in [1.82, 2.24) is 9.55 Å². The van der Waals surface area contributed by atoms with E-state index in [1.165, 1.54) is 18.2 Å². The second kappa shape index (κ2) is 6.48. The van der Waals surface area contributed by atoms with E-state index < -0.39 is 11.8 Å². The lowest BCUT2D eigenvalue weighted by Crippen LogP contribution is -2.20. The highest BCUT2D eigenvalue weighted by molar-refractivity contribution is 7.20. The zero-order valence-corrected chi connectivity index (χ0v) is 15.4. The highest BCUT2D eigenvalue weighted by Crippen LogP contribution is 2.29. The number of hydrogen-bond donors (Lipinski definition) is 0. The molecule has 0 saturated carbocycles. The van der Waals surface area contributed by atoms with Crippen molar-refractivity contribution in [3.8, 4) is 0 Å². The molecule has 26 heavy (non-hydrogen) atoms. The largest absolute Gasteiger partial charge is 0.457 e. The lowest BCUT2D eigenvalue weighted by molar-refractivity contribution is 0.0478. The van der Waals surface area contributed by atoms with Crippen LogP contribution < -0.4 is 5.56 Å². The van der Waals surface area contributed by atoms with Gasteiger partial charge < -0.3 is 4.74 Å². The molecule has 0 aliphatic carbocycles. The third-order valence-corrected chi connectivity index (χ3v) is 5.99. The Morgan fingerprint density at radius 3 is 3.04 bits per heavy atom. The van der Waals surface area contributed by atoms with Crippen LogP contribution in [0, 0.1) is 12.7 Å². The number of aromatic nitrogens is 2. The number of fused-ring (bicyclic) bond motifs is 2. The number of benzene rings is 1. The van der Waals surface area contributed by atoms with E-state index in [2.05, 4.69) is 4.98 Å². The van der Waals surface area contributed by atoms with Crippen molar-refractivity contribution >= 4 is 39.1 Å². The molecule has 0 radical (unpaired) electrons. The highest BCUT2D eigenvalue weighted by Gasteiger charge is 2.24. The van der Waals surface area contributed by atoms with E-state index in [9.17, 15) is 14.0 Å². The Kier molecular flexibility index (Phi) is 4.28. The minimum absolute atomic E-state index is 0.0749. The second-order valence-electron chi connectivity index (χ2n) is 6.14. The molecule has 3 aromatic rings. The number of thiophene rings is 1. The quantitative estimate of drug-likeness (QED) is 0.635. The van der Waals surface area contributed by atoms with Crippen molar-refractivity contribution in [2.45, 2.75) is 32.9 Å². The van der Waals surface area contributed by atoms with Gasteiger partial charge >= 0.3 is 5.97 Å². The normalized spacial score (nSPS) is 13.2. The van der Waals surface area contributed by atoms with Crippen LogP contribution >= 0.6 is 22.9 Å². The summed E-state index contributed by atoms with van der Waals surface area (Å²) in [5, 5.41) is 0.676. The van der Waals surface area contributed by atoms with Crippen LogP contribution in [0.15, 0.2) is 23.0 Å². The summed E-state index contributed by atoms with van der Waals surface area (Å²) in [7, 11) is 0. The molecule has 134 valence electrons. The van der Waals surface area contributed by atoms with Crippen LogP contribution in [0.2, 0.25) is 5.02 Å². The third-order valence-electron chi connectivity index (χ3n) is 4.47. The maximum atomic E-state index is 13.1. The summed E-state index contributed by atoms with van der Waals surface area (Å²) in [5.41, 5.74) is 0.995. The Labute approximate surface area is 157 Å². The molecule has 0 bridgehead atoms. The zero-order chi connectivity index (χ0) is 18.4. The summed E-state index contributed by atoms with van der Waals surface area (Å²) in [6.07, 6.45) is 1.68. The van der Waals surface area contributed by atoms with E-state index in [1.54, 1.807) is 11.5 Å². The Balaban J connectivity index is 1.64. The Hall–Kier alpha value is -2.25. The maximum Gasteiger partial charge on any atom is 0.349 e. The number of rotatable bonds is 3. The fraction of sp³-hybridized carbons (Fsp3) is 0.278. The minimum atomic E-state index is -0.546. The maximum absolute atomic E-state index is 13.1. The van der Waals surface area contributed by atoms with E-state index in [-0.39, 0.29) is 17.2 Å². The molecular weight excluding hydrogens is 379 g/mol. The molecule has 1 aromatic carbocycles. The molecule has 1 aliphatic rings. The van der Waals surface area contributed by atoms with Gasteiger partial charge in [-0.15, -0.1) is 11.3 Å². The average Bonchev–Trinajstić information content (AvgIpc) is 3.19. The van der Waals surface area contributed by atoms with Crippen LogP contribution in [0.5, 0.6) is 0 Å². The summed E-state index contributed by atoms with van der Waals surface area (Å²) in [4.78, 5) is 30.6. The van der Waals surface area contributed by atoms with Crippen LogP contribution in [-0.4, -0.2) is 15.5 Å². The van der Waals surface area contributed by atoms with Crippen molar-refractivity contribution in [3.63, 3.8) is 0 Å². The topological polar surface area (TPSA) is 61.2 Å². The van der Waals surface area contributed by atoms with Crippen molar-refractivity contribution in [1.29, 1.82) is 0 Å². The van der Waals surface area contributed by atoms with Crippen molar-refractivity contribution < 1.29 is 13.9 Å². The molecule has 0 unspecified atom stereocenters. The van der Waals surface area contributed by atoms with Crippen molar-refractivity contribution in [3.05, 3.63) is 61.2 Å². The average molecular weight is 393 g/mol. The second-order valence-corrected chi connectivity index (χ2v) is 7.54. The first-order valence-corrected chi connectivity index (χ1v) is 9.29. The fourth-order valence-corrected chi connectivity index (χ4v) is 4.42. The fourth-order valence-electron chi connectivity index (χ4n) is 3.12. The first-order chi connectivity index (χ1) is 12.5. The molecule has 1 aliphatic heterocycles. The number of esters is 1. The summed E-state index contributed by atoms with van der Waals surface area (Å²) in [5.74, 6) is -0.234. The van der Waals surface area contributed by atoms with Gasteiger partial charge in [0.1, 0.15) is 28.0 Å². The zero-order valence-electron chi connectivity index (χ0n) is 13.8. The van der Waals surface area contributed by atoms with E-state index in [4.69, 9.17) is 16.3 Å². The standard InChI is InChI=1S/C18H14ClFN2O3S/c1-9-14-16(21-13-3-2-6-22(13)17(14)23)26-15(9)18(24)25-8-10-4-5-11(20)7-12(10)19/h4-5,7H,2-3,6,8H2,1H3. The van der Waals surface area contributed by atoms with Gasteiger partial charge in [0.2, 0.25) is 0 Å². The number of carbonyl (C=O) groups is 1. The molecule has 0 fully saturated rings. The highest BCUT2D eigenvalue weighted by atomic mass is 35.5. The van der Waals surface area contributed by atoms with Crippen LogP contribution in [0.4, 0.5) is 4.39 Å². The van der Waals surface area contributed by atoms with E-state index in [1.807, 2.05) is 0 Å². The monoisotopic (exact) mass is 392 g/mol. The molecule has 8 heteroatoms. The number of hydrogen-bond acceptors (Lipinski definition) is 5. The van der Waals surface area contributed by atoms with E-state index in [0.29, 0.717) is 32.8 Å². The van der Waals surface area contributed by atoms with Gasteiger partial charge in [0.15, 0.2) is 0 Å². The number of nitrogens with zero attached hydrogens (tertiary/aromatic N) is 2. The number of halogens is 2. The predicted molar refractivity (Wildman–Crippen MR) is 97.5 cm³/mol. The molecule has 0 N–H and O–H groups in total. The summed E-state index contributed by atoms with van der Waals surface area (Å²) in [6, 6.07) is 3.90. The molecule has 0 spiro atoms. The molecule has 0 atom stereocenters. The summed E-state index contributed by atoms with van der Waals surface area (Å²) in [6.45, 7) is 2.31. The molecule has 2 aromatic heterocycles. The summed E-state index contributed by atoms with van der Waals surface area (Å²) < 4.78 is 20.1. The van der Waals surface area contributed by atoms with Crippen LogP contribution in [0.1, 0.15) is 33.0 Å². The third kappa shape index (κ3) is 2.81. The van der Waals surface area contributed by atoms with Crippen LogP contribution in [-0.2, 0) is 24.3 Å². The lowest BCUT2D eigenvalue weighted by Gasteiger charge is -2.06. The van der Waals surface area contributed by atoms with E-state index in [0.717, 1.165) is 30.0 Å². The number of ether oxygens (including phenoxy) is 1. The Morgan fingerprint density at radius 2 is 2.27 bits per heavy atom. The Morgan fingerprint density at radius 1 is 1.46 bits per heavy atom. The smallest absolute Gasteiger partial charge is 0.349 e. The van der Waals surface area contributed by atoms with Gasteiger partial charge in [-0.2, -0.15) is 0 Å². The number of aryl methyl sites for hydroxylation is 2. The van der Waals surface area contributed by atoms with Gasteiger partial charge in [0.25, 0.3) is 5.56 Å². The SMILES string of the molecule is Cc1c(C(=O)OCc2ccc(F)cc2Cl)sc2nc3n(c(=O)c12)CCC3. The lowest BCUT2D eigenvalue weighted by atomic mass is 10.2. The molecule has 0 saturated heterocycles. The van der Waals surface area contributed by atoms with Crippen molar-refractivity contribution in [2.75, 3.05) is 0 Å². The van der Waals surface area contributed by atoms with Crippen molar-refractivity contribution in [2.24, 2.45) is 0 Å². The van der Waals surface area contributed by atoms with Gasteiger partial charge in [-0.25, -0.2) is 14.2 Å². The van der Waals surface area contributed by atoms with Crippen LogP contribution in [0.25, 0.3) is 10.2 Å². The molecule has 0 amide bonds.